The molecular formula is C13H17IO. The minimum Gasteiger partial charge on any atom is -0.370 e. The fourth-order valence-electron chi connectivity index (χ4n) is 2.04. The molecule has 1 saturated heterocycles. The third-order valence-corrected chi connectivity index (χ3v) is 3.95. The maximum Gasteiger partial charge on any atom is 0.0829 e. The molecule has 0 unspecified atom stereocenters. The Bertz CT molecular complexity index is 307. The topological polar surface area (TPSA) is 9.23 Å². The Labute approximate surface area is 105 Å². The van der Waals surface area contributed by atoms with Crippen LogP contribution in [-0.4, -0.2) is 10.5 Å². The molecule has 0 bridgehead atoms. The minimum atomic E-state index is 0.333. The van der Waals surface area contributed by atoms with Crippen LogP contribution in [0.4, 0.5) is 0 Å². The second kappa shape index (κ2) is 5.30. The highest BCUT2D eigenvalue weighted by atomic mass is 127. The number of aryl methyl sites for hydroxylation is 1. The van der Waals surface area contributed by atoms with Crippen molar-refractivity contribution in [1.29, 1.82) is 0 Å². The van der Waals surface area contributed by atoms with Gasteiger partial charge in [-0.3, -0.25) is 0 Å². The van der Waals surface area contributed by atoms with E-state index < -0.39 is 0 Å². The van der Waals surface area contributed by atoms with E-state index in [-0.39, 0.29) is 0 Å². The molecule has 2 heteroatoms. The summed E-state index contributed by atoms with van der Waals surface area (Å²) in [6.07, 6.45) is 4.50. The molecular weight excluding hydrogens is 299 g/mol. The Hall–Kier alpha value is -0.0900. The van der Waals surface area contributed by atoms with Gasteiger partial charge in [-0.05, 0) is 31.7 Å². The molecule has 1 aromatic rings. The summed E-state index contributed by atoms with van der Waals surface area (Å²) in [7, 11) is 0. The lowest BCUT2D eigenvalue weighted by atomic mass is 9.98. The molecule has 1 nitrogen and oxygen atoms in total. The smallest absolute Gasteiger partial charge is 0.0829 e. The van der Waals surface area contributed by atoms with E-state index in [9.17, 15) is 0 Å². The first-order valence-corrected chi connectivity index (χ1v) is 7.10. The fourth-order valence-corrected chi connectivity index (χ4v) is 2.69. The number of rotatable bonds is 2. The number of ether oxygens (including phenoxy) is 1. The predicted molar refractivity (Wildman–Crippen MR) is 71.5 cm³/mol. The highest BCUT2D eigenvalue weighted by molar-refractivity contribution is 14.1. The summed E-state index contributed by atoms with van der Waals surface area (Å²) in [5, 5.41) is 0. The van der Waals surface area contributed by atoms with E-state index >= 15 is 0 Å². The molecule has 0 aromatic heterocycles. The van der Waals surface area contributed by atoms with Gasteiger partial charge in [0.25, 0.3) is 0 Å². The molecule has 1 aromatic carbocycles. The summed E-state index contributed by atoms with van der Waals surface area (Å²) in [4.78, 5) is 0. The van der Waals surface area contributed by atoms with Crippen molar-refractivity contribution in [1.82, 2.24) is 0 Å². The Kier molecular flexibility index (Phi) is 4.03. The Morgan fingerprint density at radius 2 is 2.00 bits per heavy atom. The van der Waals surface area contributed by atoms with E-state index in [1.165, 1.54) is 30.4 Å². The molecule has 2 atom stereocenters. The third-order valence-electron chi connectivity index (χ3n) is 2.97. The maximum absolute atomic E-state index is 6.05. The van der Waals surface area contributed by atoms with Crippen LogP contribution in [0.2, 0.25) is 0 Å². The van der Waals surface area contributed by atoms with Crippen LogP contribution in [0.15, 0.2) is 24.3 Å². The van der Waals surface area contributed by atoms with Gasteiger partial charge in [-0.25, -0.2) is 0 Å². The molecule has 2 rings (SSSR count). The van der Waals surface area contributed by atoms with Crippen LogP contribution in [0.5, 0.6) is 0 Å². The standard InChI is InChI=1S/C13H17IO/c1-10-5-7-11(8-6-10)13-4-2-3-12(9-14)15-13/h5-8,12-13H,2-4,9H2,1H3/t12-,13+/m0/s1. The summed E-state index contributed by atoms with van der Waals surface area (Å²) in [6, 6.07) is 8.75. The second-order valence-electron chi connectivity index (χ2n) is 4.24. The van der Waals surface area contributed by atoms with Gasteiger partial charge in [0.15, 0.2) is 0 Å². The van der Waals surface area contributed by atoms with Gasteiger partial charge in [0.05, 0.1) is 12.2 Å². The van der Waals surface area contributed by atoms with Crippen LogP contribution in [0.1, 0.15) is 36.5 Å². The zero-order valence-corrected chi connectivity index (χ0v) is 11.2. The number of benzene rings is 1. The zero-order valence-electron chi connectivity index (χ0n) is 9.08. The summed E-state index contributed by atoms with van der Waals surface area (Å²) in [5.74, 6) is 0. The third kappa shape index (κ3) is 2.94. The minimum absolute atomic E-state index is 0.333. The summed E-state index contributed by atoms with van der Waals surface area (Å²) < 4.78 is 7.17. The number of hydrogen-bond donors (Lipinski definition) is 0. The Morgan fingerprint density at radius 3 is 2.67 bits per heavy atom. The maximum atomic E-state index is 6.05. The van der Waals surface area contributed by atoms with Crippen molar-refractivity contribution in [2.75, 3.05) is 4.43 Å². The van der Waals surface area contributed by atoms with Crippen molar-refractivity contribution in [3.63, 3.8) is 0 Å². The van der Waals surface area contributed by atoms with Crippen molar-refractivity contribution in [3.8, 4) is 0 Å². The lowest BCUT2D eigenvalue weighted by molar-refractivity contribution is -0.0375. The monoisotopic (exact) mass is 316 g/mol. The van der Waals surface area contributed by atoms with Gasteiger partial charge in [0.2, 0.25) is 0 Å². The lowest BCUT2D eigenvalue weighted by Crippen LogP contribution is -2.23. The van der Waals surface area contributed by atoms with Gasteiger partial charge >= 0.3 is 0 Å². The van der Waals surface area contributed by atoms with Crippen molar-refractivity contribution >= 4 is 22.6 Å². The van der Waals surface area contributed by atoms with Crippen LogP contribution >= 0.6 is 22.6 Å². The molecule has 0 saturated carbocycles. The SMILES string of the molecule is Cc1ccc([C@H]2CCC[C@@H](CI)O2)cc1. The van der Waals surface area contributed by atoms with Gasteiger partial charge in [-0.15, -0.1) is 0 Å². The van der Waals surface area contributed by atoms with Crippen molar-refractivity contribution in [2.24, 2.45) is 0 Å². The molecule has 15 heavy (non-hydrogen) atoms. The zero-order chi connectivity index (χ0) is 10.7. The molecule has 82 valence electrons. The molecule has 1 aliphatic heterocycles. The predicted octanol–water partition coefficient (Wildman–Crippen LogP) is 4.04. The number of halogens is 1. The second-order valence-corrected chi connectivity index (χ2v) is 5.12. The van der Waals surface area contributed by atoms with Crippen molar-refractivity contribution in [2.45, 2.75) is 38.4 Å². The Balaban J connectivity index is 2.06. The van der Waals surface area contributed by atoms with E-state index in [1.54, 1.807) is 0 Å². The first kappa shape index (κ1) is 11.4. The first-order valence-electron chi connectivity index (χ1n) is 5.57. The molecule has 0 radical (unpaired) electrons. The number of hydrogen-bond acceptors (Lipinski definition) is 1. The quantitative estimate of drug-likeness (QED) is 0.591. The molecule has 1 heterocycles. The van der Waals surface area contributed by atoms with E-state index in [1.807, 2.05) is 0 Å². The molecule has 0 aliphatic carbocycles. The van der Waals surface area contributed by atoms with Gasteiger partial charge in [-0.2, -0.15) is 0 Å². The van der Waals surface area contributed by atoms with Crippen LogP contribution < -0.4 is 0 Å². The average molecular weight is 316 g/mol. The molecule has 0 N–H and O–H groups in total. The summed E-state index contributed by atoms with van der Waals surface area (Å²) in [6.45, 7) is 2.12. The van der Waals surface area contributed by atoms with Crippen LogP contribution in [0.3, 0.4) is 0 Å². The molecule has 1 fully saturated rings. The normalized spacial score (nSPS) is 26.5. The molecule has 1 aliphatic rings. The van der Waals surface area contributed by atoms with Crippen LogP contribution in [-0.2, 0) is 4.74 Å². The van der Waals surface area contributed by atoms with E-state index in [0.29, 0.717) is 12.2 Å². The summed E-state index contributed by atoms with van der Waals surface area (Å²) in [5.41, 5.74) is 2.66. The largest absolute Gasteiger partial charge is 0.370 e. The van der Waals surface area contributed by atoms with Gasteiger partial charge in [0, 0.05) is 4.43 Å². The van der Waals surface area contributed by atoms with Gasteiger partial charge < -0.3 is 4.74 Å². The average Bonchev–Trinajstić information content (AvgIpc) is 2.30. The first-order chi connectivity index (χ1) is 7.29. The van der Waals surface area contributed by atoms with Crippen molar-refractivity contribution in [3.05, 3.63) is 35.4 Å². The highest BCUT2D eigenvalue weighted by Crippen LogP contribution is 2.31. The Morgan fingerprint density at radius 1 is 1.27 bits per heavy atom. The fraction of sp³-hybridized carbons (Fsp3) is 0.538. The van der Waals surface area contributed by atoms with E-state index in [2.05, 4.69) is 53.8 Å². The van der Waals surface area contributed by atoms with E-state index in [4.69, 9.17) is 4.74 Å². The molecule has 0 spiro atoms. The summed E-state index contributed by atoms with van der Waals surface area (Å²) >= 11 is 2.42. The lowest BCUT2D eigenvalue weighted by Gasteiger charge is -2.29. The van der Waals surface area contributed by atoms with Crippen molar-refractivity contribution < 1.29 is 4.74 Å². The van der Waals surface area contributed by atoms with Crippen LogP contribution in [0.25, 0.3) is 0 Å². The van der Waals surface area contributed by atoms with Gasteiger partial charge in [-0.1, -0.05) is 52.4 Å². The molecule has 0 amide bonds. The number of alkyl halides is 1. The highest BCUT2D eigenvalue weighted by Gasteiger charge is 2.22. The van der Waals surface area contributed by atoms with Crippen LogP contribution in [0, 0.1) is 6.92 Å². The van der Waals surface area contributed by atoms with E-state index in [0.717, 1.165) is 4.43 Å². The van der Waals surface area contributed by atoms with Gasteiger partial charge in [0.1, 0.15) is 0 Å².